The summed E-state index contributed by atoms with van der Waals surface area (Å²) in [6.45, 7) is 0.355. The summed E-state index contributed by atoms with van der Waals surface area (Å²) in [6.07, 6.45) is 1.60. The molecule has 0 aromatic heterocycles. The maximum absolute atomic E-state index is 12.0. The molecule has 1 amide bonds. The molecule has 0 unspecified atom stereocenters. The Morgan fingerprint density at radius 2 is 2.11 bits per heavy atom. The van der Waals surface area contributed by atoms with Gasteiger partial charge in [-0.25, -0.2) is 0 Å². The highest BCUT2D eigenvalue weighted by Gasteiger charge is 2.48. The lowest BCUT2D eigenvalue weighted by Gasteiger charge is -2.13. The lowest BCUT2D eigenvalue weighted by atomic mass is 10.1. The third-order valence-electron chi connectivity index (χ3n) is 3.27. The quantitative estimate of drug-likeness (QED) is 0.724. The van der Waals surface area contributed by atoms with Crippen LogP contribution in [0.25, 0.3) is 0 Å². The summed E-state index contributed by atoms with van der Waals surface area (Å²) in [4.78, 5) is 22.6. The van der Waals surface area contributed by atoms with E-state index in [0.717, 1.165) is 12.8 Å². The van der Waals surface area contributed by atoms with Crippen molar-refractivity contribution in [2.75, 3.05) is 11.9 Å². The van der Waals surface area contributed by atoms with Gasteiger partial charge in [-0.1, -0.05) is 12.1 Å². The molecular formula is C13H16N2O3. The van der Waals surface area contributed by atoms with Crippen LogP contribution in [0.5, 0.6) is 0 Å². The third-order valence-corrected chi connectivity index (χ3v) is 3.27. The molecule has 5 nitrogen and oxygen atoms in total. The van der Waals surface area contributed by atoms with Crippen LogP contribution in [-0.4, -0.2) is 23.5 Å². The minimum absolute atomic E-state index is 0.0499. The maximum Gasteiger partial charge on any atom is 0.307 e. The van der Waals surface area contributed by atoms with Crippen molar-refractivity contribution in [2.45, 2.75) is 19.3 Å². The largest absolute Gasteiger partial charge is 0.481 e. The van der Waals surface area contributed by atoms with E-state index >= 15 is 0 Å². The average molecular weight is 248 g/mol. The molecule has 2 rings (SSSR count). The molecule has 1 aliphatic carbocycles. The van der Waals surface area contributed by atoms with Crippen molar-refractivity contribution in [3.8, 4) is 0 Å². The molecule has 0 radical (unpaired) electrons. The number of rotatable bonds is 5. The zero-order valence-electron chi connectivity index (χ0n) is 9.98. The molecule has 1 aromatic rings. The number of hydrogen-bond donors (Lipinski definition) is 3. The fraction of sp³-hybridized carbons (Fsp3) is 0.385. The first-order valence-electron chi connectivity index (χ1n) is 5.88. The van der Waals surface area contributed by atoms with Crippen molar-refractivity contribution < 1.29 is 14.7 Å². The highest BCUT2D eigenvalue weighted by molar-refractivity contribution is 5.97. The van der Waals surface area contributed by atoms with Gasteiger partial charge < -0.3 is 16.2 Å². The minimum atomic E-state index is -0.890. The first kappa shape index (κ1) is 12.6. The Labute approximate surface area is 105 Å². The van der Waals surface area contributed by atoms with Crippen molar-refractivity contribution in [1.29, 1.82) is 0 Å². The molecule has 0 bridgehead atoms. The normalized spacial score (nSPS) is 16.1. The summed E-state index contributed by atoms with van der Waals surface area (Å²) in [6, 6.07) is 6.88. The van der Waals surface area contributed by atoms with Gasteiger partial charge in [0, 0.05) is 12.2 Å². The monoisotopic (exact) mass is 248 g/mol. The van der Waals surface area contributed by atoms with E-state index in [1.165, 1.54) is 0 Å². The Morgan fingerprint density at radius 1 is 1.39 bits per heavy atom. The van der Waals surface area contributed by atoms with Gasteiger partial charge in [-0.05, 0) is 30.5 Å². The van der Waals surface area contributed by atoms with Gasteiger partial charge >= 0.3 is 5.97 Å². The predicted molar refractivity (Wildman–Crippen MR) is 67.1 cm³/mol. The molecule has 18 heavy (non-hydrogen) atoms. The summed E-state index contributed by atoms with van der Waals surface area (Å²) in [5, 5.41) is 11.5. The molecule has 0 aliphatic heterocycles. The lowest BCUT2D eigenvalue weighted by Crippen LogP contribution is -2.30. The first-order chi connectivity index (χ1) is 8.55. The molecule has 0 atom stereocenters. The smallest absolute Gasteiger partial charge is 0.307 e. The second-order valence-corrected chi connectivity index (χ2v) is 4.71. The zero-order valence-corrected chi connectivity index (χ0v) is 9.98. The molecule has 0 spiro atoms. The summed E-state index contributed by atoms with van der Waals surface area (Å²) in [7, 11) is 0. The number of carboxylic acid groups (broad SMARTS) is 1. The Balaban J connectivity index is 2.05. The molecule has 4 N–H and O–H groups in total. The molecule has 96 valence electrons. The number of carbonyl (C=O) groups is 2. The van der Waals surface area contributed by atoms with Gasteiger partial charge in [0.1, 0.15) is 0 Å². The van der Waals surface area contributed by atoms with Crippen molar-refractivity contribution in [3.05, 3.63) is 29.8 Å². The minimum Gasteiger partial charge on any atom is -0.481 e. The molecule has 1 aromatic carbocycles. The van der Waals surface area contributed by atoms with E-state index in [-0.39, 0.29) is 12.3 Å². The summed E-state index contributed by atoms with van der Waals surface area (Å²) >= 11 is 0. The van der Waals surface area contributed by atoms with Crippen LogP contribution in [0.2, 0.25) is 0 Å². The molecule has 1 fully saturated rings. The number of hydrogen-bond acceptors (Lipinski definition) is 3. The second-order valence-electron chi connectivity index (χ2n) is 4.71. The second kappa shape index (κ2) is 4.78. The van der Waals surface area contributed by atoms with Crippen LogP contribution in [0.1, 0.15) is 18.4 Å². The summed E-state index contributed by atoms with van der Waals surface area (Å²) in [5.41, 5.74) is 6.47. The lowest BCUT2D eigenvalue weighted by molar-refractivity contribution is -0.136. The van der Waals surface area contributed by atoms with Gasteiger partial charge in [-0.3, -0.25) is 9.59 Å². The van der Waals surface area contributed by atoms with Gasteiger partial charge in [-0.15, -0.1) is 0 Å². The number of carbonyl (C=O) groups excluding carboxylic acids is 1. The van der Waals surface area contributed by atoms with Crippen LogP contribution >= 0.6 is 0 Å². The Bertz CT molecular complexity index is 481. The van der Waals surface area contributed by atoms with E-state index in [9.17, 15) is 9.59 Å². The number of aliphatic carboxylic acids is 1. The van der Waals surface area contributed by atoms with Crippen molar-refractivity contribution in [1.82, 2.24) is 0 Å². The van der Waals surface area contributed by atoms with Crippen LogP contribution in [0.3, 0.4) is 0 Å². The number of nitrogens with one attached hydrogen (secondary N) is 1. The molecule has 0 saturated heterocycles. The van der Waals surface area contributed by atoms with Gasteiger partial charge in [0.05, 0.1) is 11.8 Å². The molecule has 0 heterocycles. The number of anilines is 1. The number of nitrogens with two attached hydrogens (primary N) is 1. The van der Waals surface area contributed by atoms with E-state index in [1.54, 1.807) is 24.3 Å². The van der Waals surface area contributed by atoms with E-state index in [4.69, 9.17) is 10.8 Å². The highest BCUT2D eigenvalue weighted by atomic mass is 16.4. The molecule has 1 aliphatic rings. The van der Waals surface area contributed by atoms with Crippen molar-refractivity contribution in [3.63, 3.8) is 0 Å². The molecular weight excluding hydrogens is 232 g/mol. The number of carboxylic acids is 1. The molecule has 5 heteroatoms. The van der Waals surface area contributed by atoms with Gasteiger partial charge in [0.2, 0.25) is 5.91 Å². The van der Waals surface area contributed by atoms with Crippen LogP contribution in [0.15, 0.2) is 24.3 Å². The Hall–Kier alpha value is -1.88. The summed E-state index contributed by atoms with van der Waals surface area (Å²) in [5.74, 6) is -0.962. The van der Waals surface area contributed by atoms with Crippen LogP contribution in [0, 0.1) is 5.41 Å². The van der Waals surface area contributed by atoms with E-state index < -0.39 is 11.4 Å². The zero-order chi connectivity index (χ0) is 13.2. The third kappa shape index (κ3) is 2.68. The van der Waals surface area contributed by atoms with Crippen LogP contribution in [-0.2, 0) is 16.0 Å². The van der Waals surface area contributed by atoms with Gasteiger partial charge in [0.25, 0.3) is 0 Å². The highest BCUT2D eigenvalue weighted by Crippen LogP contribution is 2.45. The Kier molecular flexibility index (Phi) is 3.34. The van der Waals surface area contributed by atoms with E-state index in [0.29, 0.717) is 17.8 Å². The average Bonchev–Trinajstić information content (AvgIpc) is 3.09. The standard InChI is InChI=1S/C13H16N2O3/c14-8-13(4-5-13)12(18)15-10-3-1-2-9(6-10)7-11(16)17/h1-3,6H,4-5,7-8,14H2,(H,15,18)(H,16,17). The van der Waals surface area contributed by atoms with Crippen molar-refractivity contribution >= 4 is 17.6 Å². The van der Waals surface area contributed by atoms with Crippen molar-refractivity contribution in [2.24, 2.45) is 11.1 Å². The van der Waals surface area contributed by atoms with Crippen LogP contribution in [0.4, 0.5) is 5.69 Å². The predicted octanol–water partition coefficient (Wildman–Crippen LogP) is 0.991. The van der Waals surface area contributed by atoms with Gasteiger partial charge in [-0.2, -0.15) is 0 Å². The number of benzene rings is 1. The fourth-order valence-corrected chi connectivity index (χ4v) is 1.87. The fourth-order valence-electron chi connectivity index (χ4n) is 1.87. The van der Waals surface area contributed by atoms with E-state index in [1.807, 2.05) is 0 Å². The van der Waals surface area contributed by atoms with Crippen LogP contribution < -0.4 is 11.1 Å². The topological polar surface area (TPSA) is 92.4 Å². The first-order valence-corrected chi connectivity index (χ1v) is 5.88. The maximum atomic E-state index is 12.0. The van der Waals surface area contributed by atoms with Gasteiger partial charge in [0.15, 0.2) is 0 Å². The SMILES string of the molecule is NCC1(C(=O)Nc2cccc(CC(=O)O)c2)CC1. The Morgan fingerprint density at radius 3 is 2.67 bits per heavy atom. The molecule has 1 saturated carbocycles. The van der Waals surface area contributed by atoms with E-state index in [2.05, 4.69) is 5.32 Å². The summed E-state index contributed by atoms with van der Waals surface area (Å²) < 4.78 is 0. The number of amides is 1.